The fourth-order valence-corrected chi connectivity index (χ4v) is 3.58. The molecule has 0 unspecified atom stereocenters. The SMILES string of the molecule is C=CCc1ccc(OCCOc2c(Cl)cc(C=C(C#N)C(=O)Nc3cc(C)on3)cc2OC)c(OC)c1. The zero-order valence-corrected chi connectivity index (χ0v) is 21.4. The Morgan fingerprint density at radius 2 is 1.89 bits per heavy atom. The van der Waals surface area contributed by atoms with Gasteiger partial charge in [0.2, 0.25) is 0 Å². The number of hydrogen-bond donors (Lipinski definition) is 1. The van der Waals surface area contributed by atoms with Crippen LogP contribution in [-0.4, -0.2) is 38.5 Å². The van der Waals surface area contributed by atoms with Crippen LogP contribution in [0.1, 0.15) is 16.9 Å². The number of allylic oxidation sites excluding steroid dienone is 1. The topological polar surface area (TPSA) is 116 Å². The molecular weight excluding hydrogens is 498 g/mol. The van der Waals surface area contributed by atoms with E-state index in [9.17, 15) is 10.1 Å². The van der Waals surface area contributed by atoms with Gasteiger partial charge in [0.05, 0.1) is 19.2 Å². The lowest BCUT2D eigenvalue weighted by atomic mass is 10.1. The number of carbonyl (C=O) groups is 1. The van der Waals surface area contributed by atoms with Gasteiger partial charge in [-0.25, -0.2) is 0 Å². The van der Waals surface area contributed by atoms with E-state index in [4.69, 9.17) is 35.1 Å². The average Bonchev–Trinajstić information content (AvgIpc) is 3.30. The molecule has 3 aromatic rings. The third-order valence-electron chi connectivity index (χ3n) is 4.99. The molecule has 3 rings (SSSR count). The quantitative estimate of drug-likeness (QED) is 0.145. The van der Waals surface area contributed by atoms with Gasteiger partial charge in [0, 0.05) is 6.07 Å². The van der Waals surface area contributed by atoms with E-state index in [1.165, 1.54) is 19.3 Å². The number of rotatable bonds is 12. The molecule has 0 bridgehead atoms. The molecule has 0 spiro atoms. The van der Waals surface area contributed by atoms with Crippen LogP contribution < -0.4 is 24.3 Å². The Balaban J connectivity index is 1.67. The molecule has 0 saturated carbocycles. The molecule has 2 aromatic carbocycles. The molecule has 192 valence electrons. The third-order valence-corrected chi connectivity index (χ3v) is 5.27. The lowest BCUT2D eigenvalue weighted by Gasteiger charge is -2.15. The van der Waals surface area contributed by atoms with Crippen molar-refractivity contribution in [3.8, 4) is 29.1 Å². The molecule has 37 heavy (non-hydrogen) atoms. The monoisotopic (exact) mass is 523 g/mol. The van der Waals surface area contributed by atoms with Crippen LogP contribution in [0.5, 0.6) is 23.0 Å². The summed E-state index contributed by atoms with van der Waals surface area (Å²) in [5, 5.41) is 15.9. The van der Waals surface area contributed by atoms with Crippen LogP contribution in [0.15, 0.2) is 59.1 Å². The highest BCUT2D eigenvalue weighted by molar-refractivity contribution is 6.32. The number of nitriles is 1. The van der Waals surface area contributed by atoms with E-state index in [1.807, 2.05) is 30.3 Å². The number of hydrogen-bond acceptors (Lipinski definition) is 8. The van der Waals surface area contributed by atoms with Gasteiger partial charge in [-0.15, -0.1) is 6.58 Å². The van der Waals surface area contributed by atoms with Crippen molar-refractivity contribution in [2.24, 2.45) is 0 Å². The van der Waals surface area contributed by atoms with Gasteiger partial charge < -0.3 is 28.8 Å². The largest absolute Gasteiger partial charge is 0.493 e. The van der Waals surface area contributed by atoms with Gasteiger partial charge in [-0.1, -0.05) is 28.9 Å². The summed E-state index contributed by atoms with van der Waals surface area (Å²) in [5.74, 6) is 1.92. The zero-order valence-electron chi connectivity index (χ0n) is 20.7. The lowest BCUT2D eigenvalue weighted by molar-refractivity contribution is -0.112. The van der Waals surface area contributed by atoms with Gasteiger partial charge in [-0.05, 0) is 54.8 Å². The number of nitrogens with zero attached hydrogens (tertiary/aromatic N) is 2. The molecule has 0 aliphatic carbocycles. The molecule has 0 saturated heterocycles. The third kappa shape index (κ3) is 7.29. The summed E-state index contributed by atoms with van der Waals surface area (Å²) in [4.78, 5) is 12.5. The number of benzene rings is 2. The summed E-state index contributed by atoms with van der Waals surface area (Å²) < 4.78 is 27.3. The highest BCUT2D eigenvalue weighted by Gasteiger charge is 2.16. The van der Waals surface area contributed by atoms with Crippen molar-refractivity contribution in [3.05, 3.63) is 76.5 Å². The lowest BCUT2D eigenvalue weighted by Crippen LogP contribution is -2.13. The minimum absolute atomic E-state index is 0.158. The second-order valence-electron chi connectivity index (χ2n) is 7.66. The van der Waals surface area contributed by atoms with Crippen molar-refractivity contribution in [1.82, 2.24) is 5.16 Å². The van der Waals surface area contributed by atoms with Crippen LogP contribution in [0.3, 0.4) is 0 Å². The average molecular weight is 524 g/mol. The normalized spacial score (nSPS) is 10.8. The molecule has 1 aromatic heterocycles. The van der Waals surface area contributed by atoms with Crippen LogP contribution in [-0.2, 0) is 11.2 Å². The summed E-state index contributed by atoms with van der Waals surface area (Å²) in [6.07, 6.45) is 3.92. The van der Waals surface area contributed by atoms with Crippen molar-refractivity contribution in [3.63, 3.8) is 0 Å². The van der Waals surface area contributed by atoms with E-state index in [-0.39, 0.29) is 29.6 Å². The minimum Gasteiger partial charge on any atom is -0.493 e. The molecule has 0 aliphatic rings. The van der Waals surface area contributed by atoms with Crippen LogP contribution in [0, 0.1) is 18.3 Å². The first-order chi connectivity index (χ1) is 17.9. The van der Waals surface area contributed by atoms with Gasteiger partial charge in [0.25, 0.3) is 5.91 Å². The number of aryl methyl sites for hydroxylation is 1. The van der Waals surface area contributed by atoms with Crippen molar-refractivity contribution in [2.75, 3.05) is 32.8 Å². The Bertz CT molecular complexity index is 1340. The summed E-state index contributed by atoms with van der Waals surface area (Å²) in [6, 6.07) is 12.2. The first-order valence-electron chi connectivity index (χ1n) is 11.2. The molecule has 0 atom stereocenters. The number of anilines is 1. The number of carbonyl (C=O) groups excluding carboxylic acids is 1. The van der Waals surface area contributed by atoms with E-state index in [0.717, 1.165) is 12.0 Å². The molecule has 0 fully saturated rings. The van der Waals surface area contributed by atoms with Crippen molar-refractivity contribution >= 4 is 29.4 Å². The Morgan fingerprint density at radius 1 is 1.14 bits per heavy atom. The minimum atomic E-state index is -0.642. The van der Waals surface area contributed by atoms with Crippen molar-refractivity contribution in [1.29, 1.82) is 5.26 Å². The van der Waals surface area contributed by atoms with E-state index in [0.29, 0.717) is 34.3 Å². The van der Waals surface area contributed by atoms with E-state index >= 15 is 0 Å². The molecule has 1 amide bonds. The zero-order chi connectivity index (χ0) is 26.8. The smallest absolute Gasteiger partial charge is 0.267 e. The summed E-state index contributed by atoms with van der Waals surface area (Å²) in [6.45, 7) is 5.82. The Kier molecular flexibility index (Phi) is 9.58. The fraction of sp³-hybridized carbons (Fsp3) is 0.222. The predicted molar refractivity (Wildman–Crippen MR) is 139 cm³/mol. The van der Waals surface area contributed by atoms with Crippen LogP contribution in [0.4, 0.5) is 5.82 Å². The second kappa shape index (κ2) is 13.0. The Morgan fingerprint density at radius 3 is 2.54 bits per heavy atom. The predicted octanol–water partition coefficient (Wildman–Crippen LogP) is 5.39. The number of nitrogens with one attached hydrogen (secondary N) is 1. The summed E-state index contributed by atoms with van der Waals surface area (Å²) in [7, 11) is 3.04. The maximum Gasteiger partial charge on any atom is 0.267 e. The highest BCUT2D eigenvalue weighted by atomic mass is 35.5. The standard InChI is InChI=1S/C27H26ClN3O6/c1-5-6-18-7-8-22(23(14-18)33-3)35-9-10-36-26-21(28)13-19(15-24(26)34-4)12-20(16-29)27(32)30-25-11-17(2)37-31-25/h5,7-8,11-15H,1,6,9-10H2,2-4H3,(H,30,31,32). The number of amides is 1. The first-order valence-corrected chi connectivity index (χ1v) is 11.5. The number of aromatic nitrogens is 1. The molecule has 9 nitrogen and oxygen atoms in total. The molecule has 10 heteroatoms. The van der Waals surface area contributed by atoms with Crippen molar-refractivity contribution < 1.29 is 28.3 Å². The van der Waals surface area contributed by atoms with Gasteiger partial charge in [0.1, 0.15) is 30.6 Å². The van der Waals surface area contributed by atoms with Crippen LogP contribution >= 0.6 is 11.6 Å². The maximum absolute atomic E-state index is 12.5. The Labute approximate surface area is 219 Å². The van der Waals surface area contributed by atoms with Crippen LogP contribution in [0.2, 0.25) is 5.02 Å². The van der Waals surface area contributed by atoms with Gasteiger partial charge in [0.15, 0.2) is 28.8 Å². The maximum atomic E-state index is 12.5. The van der Waals surface area contributed by atoms with Gasteiger partial charge in [-0.3, -0.25) is 4.79 Å². The van der Waals surface area contributed by atoms with Crippen LogP contribution in [0.25, 0.3) is 6.08 Å². The van der Waals surface area contributed by atoms with Gasteiger partial charge in [-0.2, -0.15) is 5.26 Å². The second-order valence-corrected chi connectivity index (χ2v) is 8.06. The molecule has 1 heterocycles. The molecular formula is C27H26ClN3O6. The molecule has 0 aliphatic heterocycles. The van der Waals surface area contributed by atoms with Gasteiger partial charge >= 0.3 is 0 Å². The van der Waals surface area contributed by atoms with E-state index < -0.39 is 5.91 Å². The summed E-state index contributed by atoms with van der Waals surface area (Å²) >= 11 is 6.43. The Hall–Kier alpha value is -4.42. The van der Waals surface area contributed by atoms with E-state index in [1.54, 1.807) is 26.2 Å². The van der Waals surface area contributed by atoms with E-state index in [2.05, 4.69) is 17.1 Å². The molecule has 0 radical (unpaired) electrons. The first kappa shape index (κ1) is 27.2. The number of methoxy groups -OCH3 is 2. The van der Waals surface area contributed by atoms with Crippen molar-refractivity contribution in [2.45, 2.75) is 13.3 Å². The fourth-order valence-electron chi connectivity index (χ4n) is 3.31. The number of ether oxygens (including phenoxy) is 4. The molecule has 1 N–H and O–H groups in total. The highest BCUT2D eigenvalue weighted by Crippen LogP contribution is 2.37. The number of halogens is 1. The summed E-state index contributed by atoms with van der Waals surface area (Å²) in [5.41, 5.74) is 1.37.